The molecule has 0 fully saturated rings. The zero-order chi connectivity index (χ0) is 15.6. The lowest BCUT2D eigenvalue weighted by atomic mass is 10.0. The number of nitrogens with zero attached hydrogens (tertiary/aromatic N) is 1. The van der Waals surface area contributed by atoms with Gasteiger partial charge in [-0.25, -0.2) is 0 Å². The Morgan fingerprint density at radius 2 is 1.43 bits per heavy atom. The smallest absolute Gasteiger partial charge is 0.0935 e. The summed E-state index contributed by atoms with van der Waals surface area (Å²) in [6, 6.07) is 7.48. The van der Waals surface area contributed by atoms with Crippen molar-refractivity contribution in [3.05, 3.63) is 61.6 Å². The van der Waals surface area contributed by atoms with Crippen LogP contribution in [0.2, 0.25) is 15.1 Å². The van der Waals surface area contributed by atoms with Crippen molar-refractivity contribution in [2.45, 2.75) is 20.8 Å². The van der Waals surface area contributed by atoms with E-state index in [0.29, 0.717) is 20.8 Å². The zero-order valence-electron chi connectivity index (χ0n) is 12.0. The summed E-state index contributed by atoms with van der Waals surface area (Å²) < 4.78 is 0. The maximum absolute atomic E-state index is 6.09. The van der Waals surface area contributed by atoms with Crippen LogP contribution in [0.4, 0.5) is 5.69 Å². The molecule has 5 heteroatoms. The molecule has 0 aliphatic rings. The Morgan fingerprint density at radius 3 is 1.95 bits per heavy atom. The van der Waals surface area contributed by atoms with Gasteiger partial charge >= 0.3 is 0 Å². The number of halogens is 3. The van der Waals surface area contributed by atoms with Crippen molar-refractivity contribution in [3.63, 3.8) is 0 Å². The Bertz CT molecular complexity index is 663. The lowest BCUT2D eigenvalue weighted by Crippen LogP contribution is -1.97. The molecule has 2 rings (SSSR count). The van der Waals surface area contributed by atoms with Crippen LogP contribution < -0.4 is 5.43 Å². The third-order valence-electron chi connectivity index (χ3n) is 3.11. The fourth-order valence-electron chi connectivity index (χ4n) is 2.21. The predicted molar refractivity (Wildman–Crippen MR) is 93.3 cm³/mol. The molecule has 2 nitrogen and oxygen atoms in total. The van der Waals surface area contributed by atoms with E-state index < -0.39 is 0 Å². The maximum atomic E-state index is 6.09. The second-order valence-corrected chi connectivity index (χ2v) is 6.18. The van der Waals surface area contributed by atoms with Crippen molar-refractivity contribution in [3.8, 4) is 0 Å². The summed E-state index contributed by atoms with van der Waals surface area (Å²) in [4.78, 5) is 0. The molecule has 0 aliphatic heterocycles. The van der Waals surface area contributed by atoms with Gasteiger partial charge in [0.25, 0.3) is 0 Å². The summed E-state index contributed by atoms with van der Waals surface area (Å²) >= 11 is 18.1. The number of hydrogen-bond acceptors (Lipinski definition) is 2. The standard InChI is InChI=1S/C16H15Cl3N2/c1-9-4-10(2)13(11(3)5-9)8-20-21-16-14(18)6-12(17)7-15(16)19/h4-8,21H,1-3H3. The van der Waals surface area contributed by atoms with E-state index in [-0.39, 0.29) is 0 Å². The van der Waals surface area contributed by atoms with Crippen LogP contribution in [0.3, 0.4) is 0 Å². The van der Waals surface area contributed by atoms with Crippen LogP contribution in [0.1, 0.15) is 22.3 Å². The maximum Gasteiger partial charge on any atom is 0.0935 e. The molecule has 0 spiro atoms. The molecule has 0 unspecified atom stereocenters. The van der Waals surface area contributed by atoms with Gasteiger partial charge < -0.3 is 0 Å². The predicted octanol–water partition coefficient (Wildman–Crippen LogP) is 6.02. The third kappa shape index (κ3) is 3.91. The number of hydrogen-bond donors (Lipinski definition) is 1. The molecule has 0 saturated heterocycles. The van der Waals surface area contributed by atoms with E-state index in [1.54, 1.807) is 18.3 Å². The average Bonchev–Trinajstić information content (AvgIpc) is 2.34. The number of nitrogens with one attached hydrogen (secondary N) is 1. The van der Waals surface area contributed by atoms with Gasteiger partial charge in [0.15, 0.2) is 0 Å². The molecule has 21 heavy (non-hydrogen) atoms. The van der Waals surface area contributed by atoms with Gasteiger partial charge in [0.05, 0.1) is 21.9 Å². The summed E-state index contributed by atoms with van der Waals surface area (Å²) in [5, 5.41) is 5.58. The molecule has 0 amide bonds. The van der Waals surface area contributed by atoms with Crippen LogP contribution in [0.15, 0.2) is 29.4 Å². The normalized spacial score (nSPS) is 11.1. The first-order valence-corrected chi connectivity index (χ1v) is 7.53. The van der Waals surface area contributed by atoms with E-state index in [2.05, 4.69) is 43.4 Å². The molecule has 0 aliphatic carbocycles. The number of anilines is 1. The molecule has 0 bridgehead atoms. The Balaban J connectivity index is 2.25. The molecular formula is C16H15Cl3N2. The van der Waals surface area contributed by atoms with Crippen LogP contribution in [0.25, 0.3) is 0 Å². The van der Waals surface area contributed by atoms with E-state index >= 15 is 0 Å². The molecular weight excluding hydrogens is 327 g/mol. The topological polar surface area (TPSA) is 24.4 Å². The molecule has 0 saturated carbocycles. The second-order valence-electron chi connectivity index (χ2n) is 4.93. The quantitative estimate of drug-likeness (QED) is 0.536. The number of hydrazone groups is 1. The van der Waals surface area contributed by atoms with Gasteiger partial charge in [-0.05, 0) is 44.0 Å². The summed E-state index contributed by atoms with van der Waals surface area (Å²) in [7, 11) is 0. The van der Waals surface area contributed by atoms with E-state index in [0.717, 1.165) is 5.56 Å². The lowest BCUT2D eigenvalue weighted by molar-refractivity contribution is 1.29. The van der Waals surface area contributed by atoms with Crippen LogP contribution in [0, 0.1) is 20.8 Å². The second kappa shape index (κ2) is 6.69. The summed E-state index contributed by atoms with van der Waals surface area (Å²) in [6.07, 6.45) is 1.77. The fourth-order valence-corrected chi connectivity index (χ4v) is 3.11. The van der Waals surface area contributed by atoms with Gasteiger partial charge in [-0.2, -0.15) is 5.10 Å². The first-order valence-electron chi connectivity index (χ1n) is 6.40. The number of rotatable bonds is 3. The minimum atomic E-state index is 0.432. The number of aryl methyl sites for hydroxylation is 3. The minimum Gasteiger partial charge on any atom is -0.275 e. The van der Waals surface area contributed by atoms with E-state index in [1.165, 1.54) is 16.7 Å². The first-order chi connectivity index (χ1) is 9.88. The molecule has 0 heterocycles. The molecule has 0 atom stereocenters. The van der Waals surface area contributed by atoms with Gasteiger partial charge in [0, 0.05) is 10.6 Å². The van der Waals surface area contributed by atoms with Gasteiger partial charge in [-0.15, -0.1) is 0 Å². The number of benzene rings is 2. The van der Waals surface area contributed by atoms with Crippen LogP contribution >= 0.6 is 34.8 Å². The Labute approximate surface area is 139 Å². The molecule has 1 N–H and O–H groups in total. The SMILES string of the molecule is Cc1cc(C)c(C=NNc2c(Cl)cc(Cl)cc2Cl)c(C)c1. The third-order valence-corrected chi connectivity index (χ3v) is 3.93. The summed E-state index contributed by atoms with van der Waals surface area (Å²) in [5.74, 6) is 0. The first kappa shape index (κ1) is 16.2. The highest BCUT2D eigenvalue weighted by atomic mass is 35.5. The average molecular weight is 342 g/mol. The van der Waals surface area contributed by atoms with Gasteiger partial charge in [-0.1, -0.05) is 52.5 Å². The zero-order valence-corrected chi connectivity index (χ0v) is 14.2. The summed E-state index contributed by atoms with van der Waals surface area (Å²) in [6.45, 7) is 6.19. The van der Waals surface area contributed by atoms with Crippen molar-refractivity contribution in [1.82, 2.24) is 0 Å². The highest BCUT2D eigenvalue weighted by molar-refractivity contribution is 6.41. The van der Waals surface area contributed by atoms with Crippen molar-refractivity contribution in [2.75, 3.05) is 5.43 Å². The van der Waals surface area contributed by atoms with E-state index in [1.807, 2.05) is 0 Å². The summed E-state index contributed by atoms with van der Waals surface area (Å²) in [5.41, 5.74) is 8.07. The van der Waals surface area contributed by atoms with Gasteiger partial charge in [0.1, 0.15) is 0 Å². The molecule has 0 radical (unpaired) electrons. The van der Waals surface area contributed by atoms with Crippen LogP contribution in [0.5, 0.6) is 0 Å². The molecule has 2 aromatic carbocycles. The molecule has 0 aromatic heterocycles. The largest absolute Gasteiger partial charge is 0.275 e. The van der Waals surface area contributed by atoms with Crippen molar-refractivity contribution >= 4 is 46.7 Å². The van der Waals surface area contributed by atoms with Crippen LogP contribution in [-0.4, -0.2) is 6.21 Å². The highest BCUT2D eigenvalue weighted by Crippen LogP contribution is 2.33. The Kier molecular flexibility index (Phi) is 5.15. The molecule has 2 aromatic rings. The van der Waals surface area contributed by atoms with Gasteiger partial charge in [0.2, 0.25) is 0 Å². The van der Waals surface area contributed by atoms with Crippen LogP contribution in [-0.2, 0) is 0 Å². The highest BCUT2D eigenvalue weighted by Gasteiger charge is 2.07. The minimum absolute atomic E-state index is 0.432. The Morgan fingerprint density at radius 1 is 0.905 bits per heavy atom. The lowest BCUT2D eigenvalue weighted by Gasteiger charge is -2.08. The van der Waals surface area contributed by atoms with Crippen molar-refractivity contribution in [1.29, 1.82) is 0 Å². The Hall–Kier alpha value is -1.22. The molecule has 110 valence electrons. The van der Waals surface area contributed by atoms with E-state index in [9.17, 15) is 0 Å². The monoisotopic (exact) mass is 340 g/mol. The van der Waals surface area contributed by atoms with E-state index in [4.69, 9.17) is 34.8 Å². The fraction of sp³-hybridized carbons (Fsp3) is 0.188. The van der Waals surface area contributed by atoms with Gasteiger partial charge in [-0.3, -0.25) is 5.43 Å². The van der Waals surface area contributed by atoms with Crippen molar-refractivity contribution < 1.29 is 0 Å². The van der Waals surface area contributed by atoms with Crippen molar-refractivity contribution in [2.24, 2.45) is 5.10 Å².